The van der Waals surface area contributed by atoms with E-state index in [1.807, 2.05) is 74.5 Å². The zero-order valence-electron chi connectivity index (χ0n) is 16.8. The third-order valence-electron chi connectivity index (χ3n) is 4.56. The summed E-state index contributed by atoms with van der Waals surface area (Å²) in [7, 11) is 0. The molecule has 0 saturated heterocycles. The van der Waals surface area contributed by atoms with Gasteiger partial charge in [0.2, 0.25) is 5.91 Å². The summed E-state index contributed by atoms with van der Waals surface area (Å²) < 4.78 is 0. The highest BCUT2D eigenvalue weighted by Crippen LogP contribution is 2.24. The maximum atomic E-state index is 13.2. The fraction of sp³-hybridized carbons (Fsp3) is 0.167. The van der Waals surface area contributed by atoms with Crippen LogP contribution in [0.15, 0.2) is 72.8 Å². The van der Waals surface area contributed by atoms with Crippen molar-refractivity contribution >= 4 is 28.9 Å². The predicted molar refractivity (Wildman–Crippen MR) is 118 cm³/mol. The quantitative estimate of drug-likeness (QED) is 0.554. The minimum absolute atomic E-state index is 0.124. The van der Waals surface area contributed by atoms with Crippen molar-refractivity contribution in [3.05, 3.63) is 89.5 Å². The number of carbonyl (C=O) groups is 2. The Hall–Kier alpha value is -3.60. The third kappa shape index (κ3) is 5.45. The van der Waals surface area contributed by atoms with Gasteiger partial charge in [0.25, 0.3) is 5.91 Å². The zero-order valence-corrected chi connectivity index (χ0v) is 16.8. The van der Waals surface area contributed by atoms with Gasteiger partial charge in [-0.2, -0.15) is 0 Å². The largest absolute Gasteiger partial charge is 0.370 e. The van der Waals surface area contributed by atoms with Gasteiger partial charge in [0.1, 0.15) is 6.04 Å². The smallest absolute Gasteiger partial charge is 0.251 e. The summed E-state index contributed by atoms with van der Waals surface area (Å²) in [6.45, 7) is 5.44. The summed E-state index contributed by atoms with van der Waals surface area (Å²) in [5, 5.41) is 9.09. The molecule has 3 N–H and O–H groups in total. The number of aryl methyl sites for hydroxylation is 2. The average molecular weight is 387 g/mol. The fourth-order valence-electron chi connectivity index (χ4n) is 3.04. The first kappa shape index (κ1) is 20.1. The lowest BCUT2D eigenvalue weighted by atomic mass is 10.0. The third-order valence-corrected chi connectivity index (χ3v) is 4.56. The van der Waals surface area contributed by atoms with Crippen molar-refractivity contribution in [2.75, 3.05) is 16.0 Å². The summed E-state index contributed by atoms with van der Waals surface area (Å²) in [5.41, 5.74) is 5.25. The van der Waals surface area contributed by atoms with E-state index in [4.69, 9.17) is 0 Å². The van der Waals surface area contributed by atoms with E-state index < -0.39 is 6.04 Å². The molecule has 148 valence electrons. The molecular formula is C24H25N3O2. The number of anilines is 3. The van der Waals surface area contributed by atoms with E-state index in [0.29, 0.717) is 5.69 Å². The number of hydrogen-bond donors (Lipinski definition) is 3. The fourth-order valence-corrected chi connectivity index (χ4v) is 3.04. The first-order valence-electron chi connectivity index (χ1n) is 9.49. The molecule has 3 aromatic carbocycles. The summed E-state index contributed by atoms with van der Waals surface area (Å²) >= 11 is 0. The first-order chi connectivity index (χ1) is 13.9. The van der Waals surface area contributed by atoms with Crippen molar-refractivity contribution in [2.24, 2.45) is 0 Å². The van der Waals surface area contributed by atoms with Crippen LogP contribution in [-0.4, -0.2) is 11.8 Å². The Labute approximate surface area is 171 Å². The van der Waals surface area contributed by atoms with Crippen molar-refractivity contribution in [2.45, 2.75) is 26.8 Å². The summed E-state index contributed by atoms with van der Waals surface area (Å²) in [4.78, 5) is 24.4. The molecule has 0 heterocycles. The van der Waals surface area contributed by atoms with Crippen molar-refractivity contribution in [1.29, 1.82) is 0 Å². The lowest BCUT2D eigenvalue weighted by molar-refractivity contribution is -0.117. The van der Waals surface area contributed by atoms with E-state index in [9.17, 15) is 9.59 Å². The molecule has 3 rings (SSSR count). The van der Waals surface area contributed by atoms with Gasteiger partial charge in [0.15, 0.2) is 0 Å². The van der Waals surface area contributed by atoms with Crippen molar-refractivity contribution in [1.82, 2.24) is 0 Å². The van der Waals surface area contributed by atoms with Crippen LogP contribution >= 0.6 is 0 Å². The van der Waals surface area contributed by atoms with E-state index in [0.717, 1.165) is 28.1 Å². The molecule has 5 nitrogen and oxygen atoms in total. The number of amides is 2. The van der Waals surface area contributed by atoms with E-state index >= 15 is 0 Å². The minimum Gasteiger partial charge on any atom is -0.370 e. The summed E-state index contributed by atoms with van der Waals surface area (Å²) in [6, 6.07) is 22.3. The molecule has 29 heavy (non-hydrogen) atoms. The molecule has 0 radical (unpaired) electrons. The molecule has 0 spiro atoms. The maximum Gasteiger partial charge on any atom is 0.251 e. The lowest BCUT2D eigenvalue weighted by Gasteiger charge is -2.21. The van der Waals surface area contributed by atoms with E-state index in [1.54, 1.807) is 12.1 Å². The second-order valence-electron chi connectivity index (χ2n) is 7.05. The Bertz CT molecular complexity index is 998. The minimum atomic E-state index is -0.567. The Morgan fingerprint density at radius 2 is 1.45 bits per heavy atom. The van der Waals surface area contributed by atoms with Crippen molar-refractivity contribution < 1.29 is 9.59 Å². The number of carbonyl (C=O) groups excluding carboxylic acids is 2. The number of rotatable bonds is 6. The van der Waals surface area contributed by atoms with E-state index in [2.05, 4.69) is 16.0 Å². The molecule has 0 fully saturated rings. The number of hydrogen-bond acceptors (Lipinski definition) is 3. The molecule has 0 aliphatic heterocycles. The highest BCUT2D eigenvalue weighted by molar-refractivity contribution is 5.98. The van der Waals surface area contributed by atoms with Gasteiger partial charge in [-0.15, -0.1) is 0 Å². The van der Waals surface area contributed by atoms with Crippen LogP contribution < -0.4 is 16.0 Å². The second kappa shape index (κ2) is 9.06. The van der Waals surface area contributed by atoms with Gasteiger partial charge in [0, 0.05) is 24.0 Å². The van der Waals surface area contributed by atoms with Gasteiger partial charge < -0.3 is 16.0 Å². The maximum absolute atomic E-state index is 13.2. The van der Waals surface area contributed by atoms with Gasteiger partial charge in [-0.05, 0) is 60.9 Å². The standard InChI is InChI=1S/C24H25N3O2/c1-16-9-10-17(2)22(15-16)27-24(29)23(19-7-5-4-6-8-19)26-21-13-11-20(12-14-21)25-18(3)28/h4-15,23,26H,1-3H3,(H,25,28)(H,27,29)/t23-/m0/s1. The van der Waals surface area contributed by atoms with Crippen LogP contribution in [0, 0.1) is 13.8 Å². The molecular weight excluding hydrogens is 362 g/mol. The van der Waals surface area contributed by atoms with Gasteiger partial charge in [-0.1, -0.05) is 42.5 Å². The molecule has 2 amide bonds. The normalized spacial score (nSPS) is 11.4. The van der Waals surface area contributed by atoms with Gasteiger partial charge in [-0.3, -0.25) is 9.59 Å². The van der Waals surface area contributed by atoms with Crippen LogP contribution in [0.1, 0.15) is 29.7 Å². The Kier molecular flexibility index (Phi) is 6.29. The van der Waals surface area contributed by atoms with Crippen LogP contribution in [0.5, 0.6) is 0 Å². The zero-order chi connectivity index (χ0) is 20.8. The lowest BCUT2D eigenvalue weighted by Crippen LogP contribution is -2.27. The van der Waals surface area contributed by atoms with Gasteiger partial charge in [0.05, 0.1) is 0 Å². The summed E-state index contributed by atoms with van der Waals surface area (Å²) in [5.74, 6) is -0.267. The molecule has 0 aliphatic carbocycles. The molecule has 0 saturated carbocycles. The summed E-state index contributed by atoms with van der Waals surface area (Å²) in [6.07, 6.45) is 0. The topological polar surface area (TPSA) is 70.2 Å². The Morgan fingerprint density at radius 1 is 0.793 bits per heavy atom. The first-order valence-corrected chi connectivity index (χ1v) is 9.49. The van der Waals surface area contributed by atoms with Crippen LogP contribution in [0.4, 0.5) is 17.1 Å². The highest BCUT2D eigenvalue weighted by Gasteiger charge is 2.21. The highest BCUT2D eigenvalue weighted by atomic mass is 16.2. The molecule has 1 atom stereocenters. The SMILES string of the molecule is CC(=O)Nc1ccc(N[C@H](C(=O)Nc2cc(C)ccc2C)c2ccccc2)cc1. The van der Waals surface area contributed by atoms with Crippen LogP contribution in [-0.2, 0) is 9.59 Å². The molecule has 0 aliphatic rings. The van der Waals surface area contributed by atoms with Gasteiger partial charge in [-0.25, -0.2) is 0 Å². The van der Waals surface area contributed by atoms with Crippen molar-refractivity contribution in [3.8, 4) is 0 Å². The second-order valence-corrected chi connectivity index (χ2v) is 7.05. The number of benzene rings is 3. The Balaban J connectivity index is 1.84. The molecule has 0 unspecified atom stereocenters. The predicted octanol–water partition coefficient (Wildman–Crippen LogP) is 5.05. The average Bonchev–Trinajstić information content (AvgIpc) is 2.70. The van der Waals surface area contributed by atoms with Crippen LogP contribution in [0.2, 0.25) is 0 Å². The molecule has 0 bridgehead atoms. The van der Waals surface area contributed by atoms with Gasteiger partial charge >= 0.3 is 0 Å². The van der Waals surface area contributed by atoms with E-state index in [1.165, 1.54) is 6.92 Å². The number of nitrogens with one attached hydrogen (secondary N) is 3. The Morgan fingerprint density at radius 3 is 2.10 bits per heavy atom. The van der Waals surface area contributed by atoms with Crippen LogP contribution in [0.25, 0.3) is 0 Å². The molecule has 5 heteroatoms. The van der Waals surface area contributed by atoms with Crippen molar-refractivity contribution in [3.63, 3.8) is 0 Å². The van der Waals surface area contributed by atoms with Crippen LogP contribution in [0.3, 0.4) is 0 Å². The van der Waals surface area contributed by atoms with E-state index in [-0.39, 0.29) is 11.8 Å². The molecule has 3 aromatic rings. The molecule has 0 aromatic heterocycles. The monoisotopic (exact) mass is 387 g/mol.